The summed E-state index contributed by atoms with van der Waals surface area (Å²) >= 11 is 0. The van der Waals surface area contributed by atoms with Crippen molar-refractivity contribution < 1.29 is 4.74 Å². The maximum atomic E-state index is 5.80. The van der Waals surface area contributed by atoms with Gasteiger partial charge in [0.05, 0.1) is 12.9 Å². The molecule has 0 amide bonds. The van der Waals surface area contributed by atoms with Gasteiger partial charge in [-0.3, -0.25) is 4.90 Å². The Hall–Kier alpha value is -1.81. The number of aryl methyl sites for hydroxylation is 1. The minimum absolute atomic E-state index is 0.721. The fourth-order valence-corrected chi connectivity index (χ4v) is 3.01. The summed E-state index contributed by atoms with van der Waals surface area (Å²) < 4.78 is 7.88. The minimum Gasteiger partial charge on any atom is -0.494 e. The summed E-state index contributed by atoms with van der Waals surface area (Å²) in [6, 6.07) is 9.28. The first-order chi connectivity index (χ1) is 10.8. The van der Waals surface area contributed by atoms with E-state index in [1.807, 2.05) is 12.5 Å². The summed E-state index contributed by atoms with van der Waals surface area (Å²) in [7, 11) is 0. The summed E-state index contributed by atoms with van der Waals surface area (Å²) in [4.78, 5) is 6.59. The molecule has 1 unspecified atom stereocenters. The lowest BCUT2D eigenvalue weighted by molar-refractivity contribution is 0.260. The van der Waals surface area contributed by atoms with E-state index in [0.717, 1.165) is 37.9 Å². The molecule has 1 saturated heterocycles. The molecule has 0 saturated carbocycles. The Morgan fingerprint density at radius 2 is 2.14 bits per heavy atom. The van der Waals surface area contributed by atoms with Crippen LogP contribution in [-0.2, 0) is 13.1 Å². The molecule has 1 aliphatic rings. The molecule has 22 heavy (non-hydrogen) atoms. The number of imidazole rings is 1. The molecule has 4 nitrogen and oxygen atoms in total. The smallest absolute Gasteiger partial charge is 0.119 e. The van der Waals surface area contributed by atoms with E-state index in [1.165, 1.54) is 24.9 Å². The van der Waals surface area contributed by atoms with Gasteiger partial charge in [0.1, 0.15) is 5.75 Å². The van der Waals surface area contributed by atoms with Crippen LogP contribution in [0.4, 0.5) is 0 Å². The highest BCUT2D eigenvalue weighted by Crippen LogP contribution is 2.20. The van der Waals surface area contributed by atoms with Crippen molar-refractivity contribution in [2.45, 2.75) is 45.3 Å². The van der Waals surface area contributed by atoms with Gasteiger partial charge in [-0.25, -0.2) is 4.98 Å². The van der Waals surface area contributed by atoms with E-state index in [4.69, 9.17) is 4.74 Å². The van der Waals surface area contributed by atoms with E-state index in [0.29, 0.717) is 0 Å². The topological polar surface area (TPSA) is 30.3 Å². The van der Waals surface area contributed by atoms with E-state index < -0.39 is 0 Å². The van der Waals surface area contributed by atoms with Crippen molar-refractivity contribution in [2.24, 2.45) is 0 Å². The molecule has 0 spiro atoms. The van der Waals surface area contributed by atoms with Gasteiger partial charge in [0, 0.05) is 31.5 Å². The molecule has 1 fully saturated rings. The molecule has 0 bridgehead atoms. The van der Waals surface area contributed by atoms with Gasteiger partial charge in [-0.2, -0.15) is 0 Å². The van der Waals surface area contributed by atoms with Gasteiger partial charge in [0.2, 0.25) is 0 Å². The number of likely N-dealkylation sites (tertiary alicyclic amines) is 1. The largest absolute Gasteiger partial charge is 0.494 e. The summed E-state index contributed by atoms with van der Waals surface area (Å²) in [6.07, 6.45) is 9.28. The van der Waals surface area contributed by atoms with Crippen LogP contribution in [0.2, 0.25) is 0 Å². The molecule has 1 aliphatic heterocycles. The van der Waals surface area contributed by atoms with E-state index in [9.17, 15) is 0 Å². The summed E-state index contributed by atoms with van der Waals surface area (Å²) in [5.41, 5.74) is 1.37. The van der Waals surface area contributed by atoms with Gasteiger partial charge in [-0.05, 0) is 50.4 Å². The van der Waals surface area contributed by atoms with E-state index in [2.05, 4.69) is 45.6 Å². The van der Waals surface area contributed by atoms with E-state index >= 15 is 0 Å². The van der Waals surface area contributed by atoms with Crippen molar-refractivity contribution in [3.05, 3.63) is 48.5 Å². The average molecular weight is 299 g/mol. The van der Waals surface area contributed by atoms with Crippen LogP contribution in [0.3, 0.4) is 0 Å². The second kappa shape index (κ2) is 7.45. The van der Waals surface area contributed by atoms with Crippen molar-refractivity contribution in [2.75, 3.05) is 13.2 Å². The normalized spacial score (nSPS) is 18.7. The fourth-order valence-electron chi connectivity index (χ4n) is 3.01. The number of rotatable bonds is 7. The van der Waals surface area contributed by atoms with Gasteiger partial charge < -0.3 is 9.30 Å². The molecule has 1 atom stereocenters. The Morgan fingerprint density at radius 1 is 1.27 bits per heavy atom. The Labute approximate surface area is 132 Å². The standard InChI is InChI=1S/C18H25N3O/c1-16-4-2-11-21(16)14-17-5-7-18(8-6-17)22-13-3-10-20-12-9-19-15-20/h5-9,12,15-16H,2-4,10-11,13-14H2,1H3. The number of hydrogen-bond acceptors (Lipinski definition) is 3. The number of benzene rings is 1. The number of ether oxygens (including phenoxy) is 1. The molecular weight excluding hydrogens is 274 g/mol. The third-order valence-corrected chi connectivity index (χ3v) is 4.39. The van der Waals surface area contributed by atoms with Crippen LogP contribution in [-0.4, -0.2) is 33.6 Å². The number of hydrogen-bond donors (Lipinski definition) is 0. The molecule has 4 heteroatoms. The molecule has 2 heterocycles. The zero-order valence-electron chi connectivity index (χ0n) is 13.3. The highest BCUT2D eigenvalue weighted by atomic mass is 16.5. The summed E-state index contributed by atoms with van der Waals surface area (Å²) in [5.74, 6) is 0.962. The Kier molecular flexibility index (Phi) is 5.11. The molecule has 0 N–H and O–H groups in total. The maximum absolute atomic E-state index is 5.80. The van der Waals surface area contributed by atoms with Crippen LogP contribution in [0, 0.1) is 0 Å². The zero-order valence-corrected chi connectivity index (χ0v) is 13.3. The Balaban J connectivity index is 1.41. The Bertz CT molecular complexity index is 550. The molecule has 0 aliphatic carbocycles. The lowest BCUT2D eigenvalue weighted by Gasteiger charge is -2.21. The third-order valence-electron chi connectivity index (χ3n) is 4.39. The zero-order chi connectivity index (χ0) is 15.2. The summed E-state index contributed by atoms with van der Waals surface area (Å²) in [5, 5.41) is 0. The van der Waals surface area contributed by atoms with Crippen molar-refractivity contribution in [1.82, 2.24) is 14.5 Å². The van der Waals surface area contributed by atoms with Gasteiger partial charge in [-0.15, -0.1) is 0 Å². The van der Waals surface area contributed by atoms with E-state index in [-0.39, 0.29) is 0 Å². The summed E-state index contributed by atoms with van der Waals surface area (Å²) in [6.45, 7) is 6.30. The minimum atomic E-state index is 0.721. The highest BCUT2D eigenvalue weighted by molar-refractivity contribution is 5.27. The second-order valence-corrected chi connectivity index (χ2v) is 6.11. The molecule has 3 rings (SSSR count). The lowest BCUT2D eigenvalue weighted by atomic mass is 10.2. The van der Waals surface area contributed by atoms with Crippen LogP contribution in [0.15, 0.2) is 43.0 Å². The number of nitrogens with zero attached hydrogens (tertiary/aromatic N) is 3. The van der Waals surface area contributed by atoms with Crippen LogP contribution in [0.25, 0.3) is 0 Å². The third kappa shape index (κ3) is 4.10. The molecule has 1 aromatic heterocycles. The molecule has 118 valence electrons. The van der Waals surface area contributed by atoms with Crippen molar-refractivity contribution in [3.63, 3.8) is 0 Å². The van der Waals surface area contributed by atoms with Gasteiger partial charge in [0.15, 0.2) is 0 Å². The van der Waals surface area contributed by atoms with Crippen LogP contribution in [0.1, 0.15) is 31.7 Å². The van der Waals surface area contributed by atoms with Gasteiger partial charge >= 0.3 is 0 Å². The predicted molar refractivity (Wildman–Crippen MR) is 87.9 cm³/mol. The first kappa shape index (κ1) is 15.1. The van der Waals surface area contributed by atoms with Crippen molar-refractivity contribution >= 4 is 0 Å². The van der Waals surface area contributed by atoms with E-state index in [1.54, 1.807) is 6.20 Å². The number of aromatic nitrogens is 2. The van der Waals surface area contributed by atoms with Crippen LogP contribution < -0.4 is 4.74 Å². The maximum Gasteiger partial charge on any atom is 0.119 e. The molecular formula is C18H25N3O. The molecule has 1 aromatic carbocycles. The van der Waals surface area contributed by atoms with Crippen molar-refractivity contribution in [3.8, 4) is 5.75 Å². The van der Waals surface area contributed by atoms with Crippen molar-refractivity contribution in [1.29, 1.82) is 0 Å². The fraction of sp³-hybridized carbons (Fsp3) is 0.500. The van der Waals surface area contributed by atoms with Gasteiger partial charge in [-0.1, -0.05) is 12.1 Å². The second-order valence-electron chi connectivity index (χ2n) is 6.11. The predicted octanol–water partition coefficient (Wildman–Crippen LogP) is 3.34. The SMILES string of the molecule is CC1CCCN1Cc1ccc(OCCCn2ccnc2)cc1. The Morgan fingerprint density at radius 3 is 2.82 bits per heavy atom. The van der Waals surface area contributed by atoms with Crippen LogP contribution >= 0.6 is 0 Å². The first-order valence-electron chi connectivity index (χ1n) is 8.23. The highest BCUT2D eigenvalue weighted by Gasteiger charge is 2.19. The van der Waals surface area contributed by atoms with Crippen LogP contribution in [0.5, 0.6) is 5.75 Å². The van der Waals surface area contributed by atoms with Gasteiger partial charge in [0.25, 0.3) is 0 Å². The molecule has 0 radical (unpaired) electrons. The molecule has 2 aromatic rings. The lowest BCUT2D eigenvalue weighted by Crippen LogP contribution is -2.26. The average Bonchev–Trinajstić information content (AvgIpc) is 3.18. The first-order valence-corrected chi connectivity index (χ1v) is 8.23. The monoisotopic (exact) mass is 299 g/mol. The quantitative estimate of drug-likeness (QED) is 0.735.